The lowest BCUT2D eigenvalue weighted by atomic mass is 10.0. The summed E-state index contributed by atoms with van der Waals surface area (Å²) in [7, 11) is 0. The standard InChI is InChI=1S/C21H15ClF4N4O2S2/c1-10-28-30-17-13(27-20(30)34-10)5-7-29(18(17)19-12(23)6-8-33-19)15(31)9-32-14-4-2-3-11(16(14)22)21(24,25)26/h2-4,6,8,18H,5,7,9H2,1H3. The average molecular weight is 531 g/mol. The van der Waals surface area contributed by atoms with Crippen LogP contribution in [-0.4, -0.2) is 38.6 Å². The molecule has 1 aromatic carbocycles. The summed E-state index contributed by atoms with van der Waals surface area (Å²) in [6.07, 6.45) is -4.24. The number of aryl methyl sites for hydroxylation is 1. The molecular weight excluding hydrogens is 516 g/mol. The summed E-state index contributed by atoms with van der Waals surface area (Å²) in [6, 6.07) is 3.76. The fraction of sp³-hybridized carbons (Fsp3) is 0.286. The zero-order valence-electron chi connectivity index (χ0n) is 17.4. The Bertz CT molecular complexity index is 1400. The number of carbonyl (C=O) groups excluding carboxylic acids is 1. The third-order valence-corrected chi connectivity index (χ3v) is 7.57. The van der Waals surface area contributed by atoms with Crippen LogP contribution in [0.5, 0.6) is 5.75 Å². The molecule has 13 heteroatoms. The Balaban J connectivity index is 1.47. The predicted molar refractivity (Wildman–Crippen MR) is 119 cm³/mol. The van der Waals surface area contributed by atoms with Gasteiger partial charge in [0.2, 0.25) is 4.96 Å². The van der Waals surface area contributed by atoms with Crippen LogP contribution in [0.3, 0.4) is 0 Å². The van der Waals surface area contributed by atoms with Crippen molar-refractivity contribution in [2.45, 2.75) is 25.6 Å². The fourth-order valence-corrected chi connectivity index (χ4v) is 5.90. The van der Waals surface area contributed by atoms with Crippen LogP contribution >= 0.6 is 34.3 Å². The van der Waals surface area contributed by atoms with Gasteiger partial charge in [0, 0.05) is 13.0 Å². The maximum absolute atomic E-state index is 14.7. The highest BCUT2D eigenvalue weighted by Crippen LogP contribution is 2.41. The lowest BCUT2D eigenvalue weighted by Crippen LogP contribution is -2.43. The zero-order chi connectivity index (χ0) is 24.2. The summed E-state index contributed by atoms with van der Waals surface area (Å²) >= 11 is 8.42. The van der Waals surface area contributed by atoms with Crippen LogP contribution in [0.25, 0.3) is 4.96 Å². The quantitative estimate of drug-likeness (QED) is 0.326. The first-order valence-corrected chi connectivity index (χ1v) is 12.1. The third-order valence-electron chi connectivity index (χ3n) is 5.41. The molecule has 5 rings (SSSR count). The molecule has 4 heterocycles. The van der Waals surface area contributed by atoms with Crippen molar-refractivity contribution < 1.29 is 27.1 Å². The number of rotatable bonds is 4. The Morgan fingerprint density at radius 1 is 1.32 bits per heavy atom. The molecule has 0 radical (unpaired) electrons. The number of carbonyl (C=O) groups is 1. The topological polar surface area (TPSA) is 59.7 Å². The maximum atomic E-state index is 14.7. The van der Waals surface area contributed by atoms with E-state index in [0.29, 0.717) is 22.0 Å². The Labute approximate surface area is 203 Å². The van der Waals surface area contributed by atoms with Crippen molar-refractivity contribution in [2.24, 2.45) is 0 Å². The molecule has 1 aliphatic heterocycles. The van der Waals surface area contributed by atoms with E-state index in [4.69, 9.17) is 16.3 Å². The SMILES string of the molecule is Cc1nn2c3c(nc2s1)CCN(C(=O)COc1cccc(C(F)(F)F)c1Cl)C3c1sccc1F. The van der Waals surface area contributed by atoms with Crippen molar-refractivity contribution in [1.29, 1.82) is 0 Å². The second kappa shape index (κ2) is 8.51. The van der Waals surface area contributed by atoms with Crippen LogP contribution in [0.15, 0.2) is 29.6 Å². The highest BCUT2D eigenvalue weighted by molar-refractivity contribution is 7.16. The zero-order valence-corrected chi connectivity index (χ0v) is 19.8. The molecule has 34 heavy (non-hydrogen) atoms. The van der Waals surface area contributed by atoms with Gasteiger partial charge in [-0.05, 0) is 30.5 Å². The van der Waals surface area contributed by atoms with Crippen LogP contribution in [0.1, 0.15) is 32.9 Å². The smallest absolute Gasteiger partial charge is 0.417 e. The van der Waals surface area contributed by atoms with E-state index in [2.05, 4.69) is 10.1 Å². The molecule has 1 unspecified atom stereocenters. The third kappa shape index (κ3) is 3.93. The van der Waals surface area contributed by atoms with Gasteiger partial charge < -0.3 is 9.64 Å². The number of hydrogen-bond donors (Lipinski definition) is 0. The first kappa shape index (κ1) is 23.1. The highest BCUT2D eigenvalue weighted by Gasteiger charge is 2.39. The molecule has 178 valence electrons. The van der Waals surface area contributed by atoms with Crippen LogP contribution in [0.2, 0.25) is 5.02 Å². The van der Waals surface area contributed by atoms with Crippen molar-refractivity contribution in [3.8, 4) is 5.75 Å². The number of alkyl halides is 3. The fourth-order valence-electron chi connectivity index (χ4n) is 3.96. The summed E-state index contributed by atoms with van der Waals surface area (Å²) in [5.41, 5.74) is 0.264. The van der Waals surface area contributed by atoms with Crippen LogP contribution in [0, 0.1) is 12.7 Å². The summed E-state index contributed by atoms with van der Waals surface area (Å²) in [4.78, 5) is 20.2. The van der Waals surface area contributed by atoms with Crippen molar-refractivity contribution in [1.82, 2.24) is 19.5 Å². The van der Waals surface area contributed by atoms with E-state index in [-0.39, 0.29) is 12.3 Å². The number of thiophene rings is 1. The summed E-state index contributed by atoms with van der Waals surface area (Å²) < 4.78 is 61.2. The molecule has 1 atom stereocenters. The number of fused-ring (bicyclic) bond motifs is 3. The minimum absolute atomic E-state index is 0.233. The summed E-state index contributed by atoms with van der Waals surface area (Å²) in [5, 5.41) is 6.20. The molecule has 0 saturated heterocycles. The molecule has 6 nitrogen and oxygen atoms in total. The number of aromatic nitrogens is 3. The van der Waals surface area contributed by atoms with E-state index in [9.17, 15) is 22.4 Å². The molecule has 4 aromatic rings. The Kier molecular flexibility index (Phi) is 5.77. The number of benzene rings is 1. The molecule has 0 aliphatic carbocycles. The molecule has 0 fully saturated rings. The van der Waals surface area contributed by atoms with Crippen molar-refractivity contribution in [3.05, 3.63) is 67.3 Å². The molecule has 3 aromatic heterocycles. The number of amides is 1. The van der Waals surface area contributed by atoms with Crippen molar-refractivity contribution in [3.63, 3.8) is 0 Å². The minimum Gasteiger partial charge on any atom is -0.482 e. The number of imidazole rings is 1. The van der Waals surface area contributed by atoms with Gasteiger partial charge in [0.15, 0.2) is 6.61 Å². The van der Waals surface area contributed by atoms with E-state index in [1.807, 2.05) is 6.92 Å². The van der Waals surface area contributed by atoms with Crippen molar-refractivity contribution >= 4 is 45.1 Å². The predicted octanol–water partition coefficient (Wildman–Crippen LogP) is 5.53. The Morgan fingerprint density at radius 2 is 2.12 bits per heavy atom. The first-order chi connectivity index (χ1) is 16.1. The molecule has 0 bridgehead atoms. The number of ether oxygens (including phenoxy) is 1. The number of halogens is 5. The van der Waals surface area contributed by atoms with Gasteiger partial charge in [-0.2, -0.15) is 18.3 Å². The lowest BCUT2D eigenvalue weighted by molar-refractivity contribution is -0.137. The molecule has 0 saturated carbocycles. The molecular formula is C21H15ClF4N4O2S2. The average Bonchev–Trinajstić information content (AvgIpc) is 3.44. The van der Waals surface area contributed by atoms with E-state index >= 15 is 0 Å². The largest absolute Gasteiger partial charge is 0.482 e. The van der Waals surface area contributed by atoms with Gasteiger partial charge in [0.05, 0.1) is 26.9 Å². The van der Waals surface area contributed by atoms with Crippen LogP contribution in [-0.2, 0) is 17.4 Å². The molecule has 1 aliphatic rings. The van der Waals surface area contributed by atoms with Gasteiger partial charge >= 0.3 is 6.18 Å². The van der Waals surface area contributed by atoms with Gasteiger partial charge in [0.25, 0.3) is 5.91 Å². The van der Waals surface area contributed by atoms with Gasteiger partial charge in [-0.15, -0.1) is 11.3 Å². The first-order valence-electron chi connectivity index (χ1n) is 10.0. The van der Waals surface area contributed by atoms with E-state index in [1.54, 1.807) is 9.90 Å². The highest BCUT2D eigenvalue weighted by atomic mass is 35.5. The van der Waals surface area contributed by atoms with Gasteiger partial charge in [-0.3, -0.25) is 4.79 Å². The maximum Gasteiger partial charge on any atom is 0.417 e. The monoisotopic (exact) mass is 530 g/mol. The molecule has 0 N–H and O–H groups in total. The lowest BCUT2D eigenvalue weighted by Gasteiger charge is -2.34. The van der Waals surface area contributed by atoms with E-state index < -0.39 is 41.1 Å². The molecule has 0 spiro atoms. The van der Waals surface area contributed by atoms with E-state index in [1.165, 1.54) is 28.4 Å². The van der Waals surface area contributed by atoms with Gasteiger partial charge in [-0.25, -0.2) is 13.9 Å². The Hall–Kier alpha value is -2.70. The van der Waals surface area contributed by atoms with E-state index in [0.717, 1.165) is 34.2 Å². The summed E-state index contributed by atoms with van der Waals surface area (Å²) in [5.74, 6) is -1.26. The summed E-state index contributed by atoms with van der Waals surface area (Å²) in [6.45, 7) is 1.49. The second-order valence-corrected chi connectivity index (χ2v) is 10.0. The van der Waals surface area contributed by atoms with Gasteiger partial charge in [-0.1, -0.05) is 29.0 Å². The second-order valence-electron chi connectivity index (χ2n) is 7.54. The Morgan fingerprint density at radius 3 is 2.82 bits per heavy atom. The van der Waals surface area contributed by atoms with Gasteiger partial charge in [0.1, 0.15) is 22.6 Å². The van der Waals surface area contributed by atoms with Crippen LogP contribution in [0.4, 0.5) is 17.6 Å². The number of hydrogen-bond acceptors (Lipinski definition) is 6. The normalized spacial score (nSPS) is 16.2. The minimum atomic E-state index is -4.66. The van der Waals surface area contributed by atoms with Crippen molar-refractivity contribution in [2.75, 3.05) is 13.2 Å². The van der Waals surface area contributed by atoms with Crippen LogP contribution < -0.4 is 4.74 Å². The number of nitrogens with zero attached hydrogens (tertiary/aromatic N) is 4. The molecule has 1 amide bonds.